The van der Waals surface area contributed by atoms with Crippen LogP contribution in [0.2, 0.25) is 0 Å². The zero-order valence-corrected chi connectivity index (χ0v) is 22.0. The molecule has 1 aliphatic carbocycles. The van der Waals surface area contributed by atoms with E-state index in [-0.39, 0.29) is 45.3 Å². The lowest BCUT2D eigenvalue weighted by Gasteiger charge is -2.20. The smallest absolute Gasteiger partial charge is 0.336 e. The standard InChI is InChI=1S/C26H24FN5O4.C2H6/c1-13-7-10-19(18(27)11-13)29-23-20-21(14(2)24(34)30(23)3)31(17-6-4-5-15(12-17)22(28)33)26(36)32(25(20)35)16-8-9-16;1-2/h4-7,10-12,16,29H,8-9H2,1-3H3,(H2,28,33);1-2H3. The zero-order valence-electron chi connectivity index (χ0n) is 22.0. The number of carbonyl (C=O) groups excluding carboxylic acids is 1. The van der Waals surface area contributed by atoms with E-state index in [9.17, 15) is 23.6 Å². The number of fused-ring (bicyclic) bond motifs is 1. The average Bonchev–Trinajstić information content (AvgIpc) is 3.73. The molecule has 2 aromatic heterocycles. The summed E-state index contributed by atoms with van der Waals surface area (Å²) < 4.78 is 18.4. The van der Waals surface area contributed by atoms with E-state index >= 15 is 0 Å². The summed E-state index contributed by atoms with van der Waals surface area (Å²) in [7, 11) is 1.48. The lowest BCUT2D eigenvalue weighted by Crippen LogP contribution is -2.41. The Hall–Kier alpha value is -4.47. The average molecular weight is 520 g/mol. The third-order valence-corrected chi connectivity index (χ3v) is 6.52. The molecule has 10 heteroatoms. The van der Waals surface area contributed by atoms with Crippen molar-refractivity contribution >= 4 is 28.3 Å². The van der Waals surface area contributed by atoms with Crippen LogP contribution in [0.15, 0.2) is 56.8 Å². The summed E-state index contributed by atoms with van der Waals surface area (Å²) in [4.78, 5) is 52.6. The molecule has 3 N–H and O–H groups in total. The molecular formula is C28H30FN5O4. The number of rotatable bonds is 5. The predicted molar refractivity (Wildman–Crippen MR) is 146 cm³/mol. The Kier molecular flexibility index (Phi) is 7.08. The maximum absolute atomic E-state index is 14.8. The van der Waals surface area contributed by atoms with Crippen molar-refractivity contribution < 1.29 is 9.18 Å². The summed E-state index contributed by atoms with van der Waals surface area (Å²) in [5.74, 6) is -1.18. The molecule has 2 aromatic carbocycles. The van der Waals surface area contributed by atoms with E-state index in [1.54, 1.807) is 25.1 Å². The third kappa shape index (κ3) is 4.42. The van der Waals surface area contributed by atoms with Gasteiger partial charge in [0.1, 0.15) is 17.0 Å². The van der Waals surface area contributed by atoms with E-state index in [0.29, 0.717) is 18.4 Å². The van der Waals surface area contributed by atoms with Gasteiger partial charge in [0.2, 0.25) is 5.91 Å². The van der Waals surface area contributed by atoms with Gasteiger partial charge in [0, 0.05) is 24.2 Å². The minimum absolute atomic E-state index is 0.0579. The Labute approximate surface area is 218 Å². The first-order chi connectivity index (χ1) is 18.1. The van der Waals surface area contributed by atoms with Crippen molar-refractivity contribution in [3.8, 4) is 5.69 Å². The number of primary amides is 1. The molecule has 0 saturated heterocycles. The maximum atomic E-state index is 14.8. The summed E-state index contributed by atoms with van der Waals surface area (Å²) in [5.41, 5.74) is 5.25. The van der Waals surface area contributed by atoms with Gasteiger partial charge in [-0.15, -0.1) is 0 Å². The number of hydrogen-bond acceptors (Lipinski definition) is 5. The van der Waals surface area contributed by atoms with Crippen molar-refractivity contribution in [1.82, 2.24) is 13.7 Å². The molecule has 198 valence electrons. The lowest BCUT2D eigenvalue weighted by atomic mass is 10.1. The molecule has 0 spiro atoms. The van der Waals surface area contributed by atoms with Gasteiger partial charge in [-0.2, -0.15) is 0 Å². The number of pyridine rings is 1. The quantitative estimate of drug-likeness (QED) is 0.415. The molecule has 0 unspecified atom stereocenters. The lowest BCUT2D eigenvalue weighted by molar-refractivity contribution is 0.1000. The zero-order chi connectivity index (χ0) is 27.9. The van der Waals surface area contributed by atoms with Gasteiger partial charge in [0.15, 0.2) is 0 Å². The molecule has 0 aliphatic heterocycles. The number of carbonyl (C=O) groups is 1. The SMILES string of the molecule is CC.Cc1ccc(Nc2c3c(=O)n(C4CC4)c(=O)n(-c4cccc(C(N)=O)c4)c3c(C)c(=O)n2C)c(F)c1. The molecule has 0 radical (unpaired) electrons. The molecular weight excluding hydrogens is 489 g/mol. The van der Waals surface area contributed by atoms with Gasteiger partial charge in [0.05, 0.1) is 16.9 Å². The number of nitrogens with one attached hydrogen (secondary N) is 1. The number of benzene rings is 2. The highest BCUT2D eigenvalue weighted by Gasteiger charge is 2.31. The van der Waals surface area contributed by atoms with Gasteiger partial charge in [-0.1, -0.05) is 26.0 Å². The topological polar surface area (TPSA) is 121 Å². The highest BCUT2D eigenvalue weighted by atomic mass is 19.1. The second-order valence-electron chi connectivity index (χ2n) is 9.11. The normalized spacial score (nSPS) is 12.7. The Morgan fingerprint density at radius 2 is 1.71 bits per heavy atom. The summed E-state index contributed by atoms with van der Waals surface area (Å²) in [6, 6.07) is 10.4. The fraction of sp³-hybridized carbons (Fsp3) is 0.286. The van der Waals surface area contributed by atoms with Crippen LogP contribution in [0.25, 0.3) is 16.6 Å². The number of nitrogens with two attached hydrogens (primary N) is 1. The van der Waals surface area contributed by atoms with Crippen molar-refractivity contribution in [3.05, 3.63) is 96.2 Å². The third-order valence-electron chi connectivity index (χ3n) is 6.52. The summed E-state index contributed by atoms with van der Waals surface area (Å²) in [5, 5.41) is 2.98. The van der Waals surface area contributed by atoms with E-state index in [2.05, 4.69) is 5.32 Å². The minimum Gasteiger partial charge on any atom is -0.366 e. The predicted octanol–water partition coefficient (Wildman–Crippen LogP) is 3.81. The number of nitrogens with zero attached hydrogens (tertiary/aromatic N) is 3. The Balaban J connectivity index is 0.00000164. The Morgan fingerprint density at radius 3 is 2.32 bits per heavy atom. The van der Waals surface area contributed by atoms with Gasteiger partial charge >= 0.3 is 5.69 Å². The van der Waals surface area contributed by atoms with E-state index in [4.69, 9.17) is 5.73 Å². The number of aryl methyl sites for hydroxylation is 2. The number of anilines is 2. The van der Waals surface area contributed by atoms with Crippen LogP contribution < -0.4 is 27.9 Å². The largest absolute Gasteiger partial charge is 0.366 e. The van der Waals surface area contributed by atoms with Gasteiger partial charge in [-0.25, -0.2) is 9.18 Å². The molecule has 2 heterocycles. The first-order valence-corrected chi connectivity index (χ1v) is 12.4. The molecule has 1 aliphatic rings. The number of amides is 1. The van der Waals surface area contributed by atoms with Crippen molar-refractivity contribution in [2.75, 3.05) is 5.32 Å². The van der Waals surface area contributed by atoms with Gasteiger partial charge in [0.25, 0.3) is 11.1 Å². The molecule has 1 saturated carbocycles. The van der Waals surface area contributed by atoms with Crippen LogP contribution >= 0.6 is 0 Å². The fourth-order valence-electron chi connectivity index (χ4n) is 4.50. The molecule has 1 amide bonds. The van der Waals surface area contributed by atoms with Crippen molar-refractivity contribution in [1.29, 1.82) is 0 Å². The highest BCUT2D eigenvalue weighted by molar-refractivity contribution is 5.95. The summed E-state index contributed by atoms with van der Waals surface area (Å²) >= 11 is 0. The molecule has 5 rings (SSSR count). The minimum atomic E-state index is -0.686. The van der Waals surface area contributed by atoms with Crippen LogP contribution in [0.5, 0.6) is 0 Å². The first kappa shape index (κ1) is 26.6. The monoisotopic (exact) mass is 519 g/mol. The van der Waals surface area contributed by atoms with Crippen molar-refractivity contribution in [2.45, 2.75) is 46.6 Å². The second kappa shape index (κ2) is 10.1. The van der Waals surface area contributed by atoms with Crippen LogP contribution in [-0.4, -0.2) is 19.6 Å². The second-order valence-corrected chi connectivity index (χ2v) is 9.11. The molecule has 1 fully saturated rings. The van der Waals surface area contributed by atoms with Crippen molar-refractivity contribution in [3.63, 3.8) is 0 Å². The van der Waals surface area contributed by atoms with E-state index < -0.39 is 28.5 Å². The maximum Gasteiger partial charge on any atom is 0.336 e. The van der Waals surface area contributed by atoms with Crippen LogP contribution in [0, 0.1) is 19.7 Å². The van der Waals surface area contributed by atoms with Crippen LogP contribution in [-0.2, 0) is 7.05 Å². The highest BCUT2D eigenvalue weighted by Crippen LogP contribution is 2.34. The van der Waals surface area contributed by atoms with Crippen LogP contribution in [0.1, 0.15) is 54.2 Å². The van der Waals surface area contributed by atoms with E-state index in [0.717, 1.165) is 0 Å². The Bertz CT molecular complexity index is 1760. The number of aromatic nitrogens is 3. The molecule has 0 atom stereocenters. The summed E-state index contributed by atoms with van der Waals surface area (Å²) in [6.45, 7) is 7.27. The number of halogens is 1. The van der Waals surface area contributed by atoms with E-state index in [1.165, 1.54) is 51.9 Å². The van der Waals surface area contributed by atoms with Crippen LogP contribution in [0.4, 0.5) is 15.9 Å². The van der Waals surface area contributed by atoms with Gasteiger partial charge < -0.3 is 11.1 Å². The molecule has 4 aromatic rings. The Morgan fingerprint density at radius 1 is 1.03 bits per heavy atom. The fourth-order valence-corrected chi connectivity index (χ4v) is 4.50. The molecule has 38 heavy (non-hydrogen) atoms. The molecule has 0 bridgehead atoms. The van der Waals surface area contributed by atoms with Gasteiger partial charge in [-0.05, 0) is 62.6 Å². The van der Waals surface area contributed by atoms with Gasteiger partial charge in [-0.3, -0.25) is 28.1 Å². The first-order valence-electron chi connectivity index (χ1n) is 12.4. The number of hydrogen-bond donors (Lipinski definition) is 2. The van der Waals surface area contributed by atoms with Crippen molar-refractivity contribution in [2.24, 2.45) is 12.8 Å². The van der Waals surface area contributed by atoms with Crippen LogP contribution in [0.3, 0.4) is 0 Å². The summed E-state index contributed by atoms with van der Waals surface area (Å²) in [6.07, 6.45) is 1.31. The molecule has 9 nitrogen and oxygen atoms in total. The van der Waals surface area contributed by atoms with E-state index in [1.807, 2.05) is 13.8 Å².